The fraction of sp³-hybridized carbons (Fsp3) is 0.500. The molecule has 0 aliphatic heterocycles. The molecule has 1 aromatic carbocycles. The average Bonchev–Trinajstić information content (AvgIpc) is 2.95. The summed E-state index contributed by atoms with van der Waals surface area (Å²) in [6, 6.07) is 10.3. The number of carbonyl (C=O) groups excluding carboxylic acids is 1. The number of aromatic nitrogens is 1. The van der Waals surface area contributed by atoms with Gasteiger partial charge in [0, 0.05) is 24.4 Å². The Hall–Kier alpha value is -1.75. The lowest BCUT2D eigenvalue weighted by Crippen LogP contribution is -2.37. The Kier molecular flexibility index (Phi) is 6.56. The first kappa shape index (κ1) is 18.1. The summed E-state index contributed by atoms with van der Waals surface area (Å²) in [5.74, 6) is 2.06. The van der Waals surface area contributed by atoms with E-state index in [4.69, 9.17) is 4.42 Å². The van der Waals surface area contributed by atoms with E-state index in [0.29, 0.717) is 23.4 Å². The van der Waals surface area contributed by atoms with Gasteiger partial charge in [-0.2, -0.15) is 0 Å². The van der Waals surface area contributed by atoms with Crippen LogP contribution in [0.4, 0.5) is 0 Å². The van der Waals surface area contributed by atoms with Gasteiger partial charge in [0.1, 0.15) is 6.26 Å². The summed E-state index contributed by atoms with van der Waals surface area (Å²) < 4.78 is 5.54. The van der Waals surface area contributed by atoms with Gasteiger partial charge in [0.05, 0.1) is 11.4 Å². The van der Waals surface area contributed by atoms with E-state index in [2.05, 4.69) is 4.98 Å². The van der Waals surface area contributed by atoms with Crippen LogP contribution in [0.5, 0.6) is 0 Å². The van der Waals surface area contributed by atoms with E-state index in [-0.39, 0.29) is 5.91 Å². The Morgan fingerprint density at radius 2 is 1.92 bits per heavy atom. The monoisotopic (exact) mass is 358 g/mol. The maximum absolute atomic E-state index is 12.4. The molecule has 1 fully saturated rings. The predicted molar refractivity (Wildman–Crippen MR) is 102 cm³/mol. The van der Waals surface area contributed by atoms with E-state index in [0.717, 1.165) is 24.1 Å². The third-order valence-electron chi connectivity index (χ3n) is 4.81. The van der Waals surface area contributed by atoms with Crippen molar-refractivity contribution in [2.75, 3.05) is 12.8 Å². The van der Waals surface area contributed by atoms with E-state index in [1.807, 2.05) is 42.3 Å². The van der Waals surface area contributed by atoms with Gasteiger partial charge in [-0.25, -0.2) is 4.98 Å². The second-order valence-electron chi connectivity index (χ2n) is 6.65. The van der Waals surface area contributed by atoms with Crippen molar-refractivity contribution >= 4 is 17.7 Å². The fourth-order valence-corrected chi connectivity index (χ4v) is 4.10. The lowest BCUT2D eigenvalue weighted by Gasteiger charge is -2.27. The third-order valence-corrected chi connectivity index (χ3v) is 5.76. The molecule has 1 amide bonds. The highest BCUT2D eigenvalue weighted by molar-refractivity contribution is 7.99. The summed E-state index contributed by atoms with van der Waals surface area (Å²) in [6.07, 6.45) is 9.10. The zero-order valence-corrected chi connectivity index (χ0v) is 15.6. The molecular weight excluding hydrogens is 332 g/mol. The fourth-order valence-electron chi connectivity index (χ4n) is 3.28. The van der Waals surface area contributed by atoms with Crippen LogP contribution in [0.15, 0.2) is 41.0 Å². The molecule has 4 nitrogen and oxygen atoms in total. The van der Waals surface area contributed by atoms with Gasteiger partial charge in [-0.05, 0) is 25.0 Å². The number of hydrogen-bond donors (Lipinski definition) is 0. The van der Waals surface area contributed by atoms with Crippen molar-refractivity contribution in [2.45, 2.75) is 50.3 Å². The Morgan fingerprint density at radius 3 is 2.64 bits per heavy atom. The molecule has 1 aliphatic carbocycles. The molecular formula is C20H26N2O2S. The van der Waals surface area contributed by atoms with Crippen LogP contribution in [-0.4, -0.2) is 34.6 Å². The molecule has 134 valence electrons. The van der Waals surface area contributed by atoms with Crippen LogP contribution < -0.4 is 0 Å². The lowest BCUT2D eigenvalue weighted by molar-refractivity contribution is -0.129. The van der Waals surface area contributed by atoms with Gasteiger partial charge < -0.3 is 9.32 Å². The summed E-state index contributed by atoms with van der Waals surface area (Å²) in [4.78, 5) is 18.9. The molecule has 0 bridgehead atoms. The van der Waals surface area contributed by atoms with Gasteiger partial charge in [0.25, 0.3) is 0 Å². The minimum Gasteiger partial charge on any atom is -0.444 e. The Morgan fingerprint density at radius 1 is 1.20 bits per heavy atom. The molecule has 3 rings (SSSR count). The summed E-state index contributed by atoms with van der Waals surface area (Å²) >= 11 is 1.61. The van der Waals surface area contributed by atoms with E-state index in [1.165, 1.54) is 25.7 Å². The topological polar surface area (TPSA) is 46.3 Å². The third kappa shape index (κ3) is 5.11. The normalized spacial score (nSPS) is 15.7. The second-order valence-corrected chi connectivity index (χ2v) is 7.64. The number of rotatable bonds is 6. The van der Waals surface area contributed by atoms with Crippen molar-refractivity contribution in [3.8, 4) is 11.5 Å². The number of carbonyl (C=O) groups is 1. The van der Waals surface area contributed by atoms with E-state index in [1.54, 1.807) is 18.0 Å². The molecule has 25 heavy (non-hydrogen) atoms. The van der Waals surface area contributed by atoms with Crippen LogP contribution in [0.3, 0.4) is 0 Å². The summed E-state index contributed by atoms with van der Waals surface area (Å²) in [6.45, 7) is 0. The first-order chi connectivity index (χ1) is 12.2. The van der Waals surface area contributed by atoms with Gasteiger partial charge in [0.2, 0.25) is 11.8 Å². The lowest BCUT2D eigenvalue weighted by atomic mass is 10.1. The molecule has 0 radical (unpaired) electrons. The zero-order chi connectivity index (χ0) is 17.5. The van der Waals surface area contributed by atoms with Crippen molar-refractivity contribution in [3.05, 3.63) is 42.3 Å². The van der Waals surface area contributed by atoms with Crippen LogP contribution in [0.25, 0.3) is 11.5 Å². The molecule has 0 unspecified atom stereocenters. The SMILES string of the molecule is CN(C(=O)CSCc1coc(-c2ccccc2)n1)C1CCCCCC1. The first-order valence-electron chi connectivity index (χ1n) is 9.07. The van der Waals surface area contributed by atoms with Crippen molar-refractivity contribution < 1.29 is 9.21 Å². The van der Waals surface area contributed by atoms with E-state index < -0.39 is 0 Å². The Labute approximate surface area is 154 Å². The number of amides is 1. The van der Waals surface area contributed by atoms with Gasteiger partial charge in [0.15, 0.2) is 0 Å². The predicted octanol–water partition coefficient (Wildman–Crippen LogP) is 4.76. The largest absolute Gasteiger partial charge is 0.444 e. The molecule has 0 spiro atoms. The Bertz CT molecular complexity index is 663. The molecule has 0 N–H and O–H groups in total. The van der Waals surface area contributed by atoms with Gasteiger partial charge in [-0.15, -0.1) is 11.8 Å². The molecule has 0 atom stereocenters. The standard InChI is InChI=1S/C20H26N2O2S/c1-22(18-11-7-2-3-8-12-18)19(23)15-25-14-17-13-24-20(21-17)16-9-5-4-6-10-16/h4-6,9-10,13,18H,2-3,7-8,11-12,14-15H2,1H3. The van der Waals surface area contributed by atoms with E-state index in [9.17, 15) is 4.79 Å². The second kappa shape index (κ2) is 9.09. The van der Waals surface area contributed by atoms with Crippen molar-refractivity contribution in [2.24, 2.45) is 0 Å². The number of benzene rings is 1. The minimum absolute atomic E-state index is 0.226. The summed E-state index contributed by atoms with van der Waals surface area (Å²) in [5.41, 5.74) is 1.86. The van der Waals surface area contributed by atoms with Gasteiger partial charge in [-0.1, -0.05) is 43.9 Å². The molecule has 2 aromatic rings. The molecule has 0 saturated heterocycles. The highest BCUT2D eigenvalue weighted by atomic mass is 32.2. The summed E-state index contributed by atoms with van der Waals surface area (Å²) in [7, 11) is 1.96. The number of nitrogens with zero attached hydrogens (tertiary/aromatic N) is 2. The van der Waals surface area contributed by atoms with Crippen molar-refractivity contribution in [1.29, 1.82) is 0 Å². The van der Waals surface area contributed by atoms with E-state index >= 15 is 0 Å². The van der Waals surface area contributed by atoms with Crippen LogP contribution in [0.1, 0.15) is 44.2 Å². The molecule has 1 saturated carbocycles. The average molecular weight is 359 g/mol. The first-order valence-corrected chi connectivity index (χ1v) is 10.2. The van der Waals surface area contributed by atoms with Crippen molar-refractivity contribution in [3.63, 3.8) is 0 Å². The number of thioether (sulfide) groups is 1. The zero-order valence-electron chi connectivity index (χ0n) is 14.8. The maximum Gasteiger partial charge on any atom is 0.232 e. The highest BCUT2D eigenvalue weighted by Gasteiger charge is 2.21. The smallest absolute Gasteiger partial charge is 0.232 e. The van der Waals surface area contributed by atoms with Crippen LogP contribution in [0, 0.1) is 0 Å². The van der Waals surface area contributed by atoms with Crippen LogP contribution >= 0.6 is 11.8 Å². The molecule has 1 aliphatic rings. The van der Waals surface area contributed by atoms with Crippen molar-refractivity contribution in [1.82, 2.24) is 9.88 Å². The molecule has 1 heterocycles. The highest BCUT2D eigenvalue weighted by Crippen LogP contribution is 2.23. The maximum atomic E-state index is 12.4. The van der Waals surface area contributed by atoms with Crippen LogP contribution in [0.2, 0.25) is 0 Å². The summed E-state index contributed by atoms with van der Waals surface area (Å²) in [5, 5.41) is 0. The van der Waals surface area contributed by atoms with Crippen LogP contribution in [-0.2, 0) is 10.5 Å². The van der Waals surface area contributed by atoms with Gasteiger partial charge in [-0.3, -0.25) is 4.79 Å². The van der Waals surface area contributed by atoms with Gasteiger partial charge >= 0.3 is 0 Å². The number of oxazole rings is 1. The molecule has 1 aromatic heterocycles. The minimum atomic E-state index is 0.226. The Balaban J connectivity index is 1.46. The molecule has 5 heteroatoms. The quantitative estimate of drug-likeness (QED) is 0.699. The number of hydrogen-bond acceptors (Lipinski definition) is 4.